The first kappa shape index (κ1) is 19.4. The zero-order valence-corrected chi connectivity index (χ0v) is 15.5. The van der Waals surface area contributed by atoms with E-state index in [-0.39, 0.29) is 17.7 Å². The Morgan fingerprint density at radius 1 is 1.27 bits per heavy atom. The number of rotatable bonds is 7. The van der Waals surface area contributed by atoms with Crippen LogP contribution in [0.4, 0.5) is 14.6 Å². The fourth-order valence-electron chi connectivity index (χ4n) is 3.22. The molecule has 0 saturated carbocycles. The molecule has 1 radical (unpaired) electrons. The number of imidazole rings is 1. The molecule has 1 amide bonds. The molecule has 4 rings (SSSR count). The fourth-order valence-corrected chi connectivity index (χ4v) is 3.22. The molecule has 0 fully saturated rings. The lowest BCUT2D eigenvalue weighted by atomic mass is 10.0. The first-order chi connectivity index (χ1) is 14.4. The number of hydrogen-bond donors (Lipinski definition) is 4. The summed E-state index contributed by atoms with van der Waals surface area (Å²) >= 11 is 0. The van der Waals surface area contributed by atoms with Crippen LogP contribution in [0, 0.1) is 6.42 Å². The van der Waals surface area contributed by atoms with Gasteiger partial charge in [0.05, 0.1) is 16.8 Å². The second-order valence-corrected chi connectivity index (χ2v) is 6.48. The van der Waals surface area contributed by atoms with Crippen molar-refractivity contribution in [2.24, 2.45) is 5.73 Å². The van der Waals surface area contributed by atoms with E-state index in [0.29, 0.717) is 22.9 Å². The molecule has 6 N–H and O–H groups in total. The van der Waals surface area contributed by atoms with E-state index in [1.165, 1.54) is 12.1 Å². The Hall–Kier alpha value is -3.95. The Labute approximate surface area is 169 Å². The van der Waals surface area contributed by atoms with E-state index in [1.54, 1.807) is 18.7 Å². The average Bonchev–Trinajstić information content (AvgIpc) is 3.32. The summed E-state index contributed by atoms with van der Waals surface area (Å²) in [6.07, 6.45) is 3.70. The molecule has 10 heteroatoms. The number of aromatic amines is 2. The third kappa shape index (κ3) is 3.79. The number of nitrogens with one attached hydrogen (secondary N) is 2. The number of anilines is 1. The maximum atomic E-state index is 12.6. The maximum Gasteiger partial charge on any atom is 0.387 e. The number of amides is 1. The standard InChI is InChI=1S/C20H17F2N6O2/c21-20(22)30-15-3-1-2-10(17(15)19(24)29)5-7-16-25-9-14(26-16)11-4-6-12-13(8-11)27-28-18(12)23/h1-4,6-9,20H,5H2,(H2,24,29)(H,25,26)(H3,23,27,28). The molecule has 30 heavy (non-hydrogen) atoms. The van der Waals surface area contributed by atoms with Crippen LogP contribution >= 0.6 is 0 Å². The van der Waals surface area contributed by atoms with Gasteiger partial charge in [0.25, 0.3) is 5.91 Å². The topological polar surface area (TPSA) is 136 Å². The quantitative estimate of drug-likeness (QED) is 0.371. The third-order valence-electron chi connectivity index (χ3n) is 4.58. The van der Waals surface area contributed by atoms with Crippen LogP contribution in [0.15, 0.2) is 42.6 Å². The molecule has 153 valence electrons. The second-order valence-electron chi connectivity index (χ2n) is 6.48. The molecule has 0 aliphatic rings. The lowest BCUT2D eigenvalue weighted by Gasteiger charge is -2.12. The average molecular weight is 411 g/mol. The Morgan fingerprint density at radius 2 is 2.10 bits per heavy atom. The Kier molecular flexibility index (Phi) is 5.05. The van der Waals surface area contributed by atoms with Crippen molar-refractivity contribution in [3.05, 3.63) is 66.0 Å². The van der Waals surface area contributed by atoms with Gasteiger partial charge < -0.3 is 21.2 Å². The highest BCUT2D eigenvalue weighted by Gasteiger charge is 2.18. The molecule has 2 heterocycles. The van der Waals surface area contributed by atoms with Gasteiger partial charge in [-0.05, 0) is 30.2 Å². The number of carbonyl (C=O) groups excluding carboxylic acids is 1. The number of aromatic nitrogens is 4. The molecular formula is C20H17F2N6O2. The first-order valence-corrected chi connectivity index (χ1v) is 8.91. The molecule has 2 aromatic heterocycles. The van der Waals surface area contributed by atoms with Gasteiger partial charge in [-0.3, -0.25) is 9.89 Å². The summed E-state index contributed by atoms with van der Waals surface area (Å²) in [5.41, 5.74) is 13.9. The Morgan fingerprint density at radius 3 is 2.87 bits per heavy atom. The molecule has 0 spiro atoms. The van der Waals surface area contributed by atoms with Crippen LogP contribution in [0.2, 0.25) is 0 Å². The van der Waals surface area contributed by atoms with E-state index >= 15 is 0 Å². The lowest BCUT2D eigenvalue weighted by molar-refractivity contribution is -0.0501. The van der Waals surface area contributed by atoms with E-state index < -0.39 is 12.5 Å². The lowest BCUT2D eigenvalue weighted by Crippen LogP contribution is -2.17. The summed E-state index contributed by atoms with van der Waals surface area (Å²) in [6.45, 7) is -3.06. The summed E-state index contributed by atoms with van der Waals surface area (Å²) in [7, 11) is 0. The number of primary amides is 1. The molecule has 8 nitrogen and oxygen atoms in total. The second kappa shape index (κ2) is 7.82. The predicted molar refractivity (Wildman–Crippen MR) is 107 cm³/mol. The summed E-state index contributed by atoms with van der Waals surface area (Å²) in [6, 6.07) is 10.0. The number of alkyl halides is 2. The van der Waals surface area contributed by atoms with Crippen molar-refractivity contribution in [3.63, 3.8) is 0 Å². The summed E-state index contributed by atoms with van der Waals surface area (Å²) in [5.74, 6) is -0.127. The van der Waals surface area contributed by atoms with Crippen molar-refractivity contribution in [3.8, 4) is 17.0 Å². The van der Waals surface area contributed by atoms with Crippen LogP contribution in [0.3, 0.4) is 0 Å². The highest BCUT2D eigenvalue weighted by molar-refractivity contribution is 5.97. The van der Waals surface area contributed by atoms with Gasteiger partial charge >= 0.3 is 6.61 Å². The monoisotopic (exact) mass is 411 g/mol. The molecule has 4 aromatic rings. The van der Waals surface area contributed by atoms with Crippen LogP contribution in [0.25, 0.3) is 22.2 Å². The largest absolute Gasteiger partial charge is 0.434 e. The Bertz CT molecular complexity index is 1220. The number of ether oxygens (including phenoxy) is 1. The third-order valence-corrected chi connectivity index (χ3v) is 4.58. The van der Waals surface area contributed by atoms with E-state index in [2.05, 4.69) is 24.9 Å². The minimum absolute atomic E-state index is 0.0804. The number of fused-ring (bicyclic) bond motifs is 1. The zero-order chi connectivity index (χ0) is 21.3. The smallest absolute Gasteiger partial charge is 0.387 e. The fraction of sp³-hybridized carbons (Fsp3) is 0.100. The van der Waals surface area contributed by atoms with Gasteiger partial charge in [0.1, 0.15) is 11.6 Å². The molecule has 0 unspecified atom stereocenters. The van der Waals surface area contributed by atoms with Crippen molar-refractivity contribution >= 4 is 22.6 Å². The number of nitrogens with two attached hydrogens (primary N) is 2. The number of carbonyl (C=O) groups is 1. The van der Waals surface area contributed by atoms with E-state index in [4.69, 9.17) is 11.5 Å². The van der Waals surface area contributed by atoms with Gasteiger partial charge in [-0.1, -0.05) is 18.2 Å². The highest BCUT2D eigenvalue weighted by atomic mass is 19.3. The predicted octanol–water partition coefficient (Wildman–Crippen LogP) is 3.03. The number of halogens is 2. The summed E-state index contributed by atoms with van der Waals surface area (Å²) in [5, 5.41) is 7.65. The molecular weight excluding hydrogens is 394 g/mol. The minimum atomic E-state index is -3.06. The summed E-state index contributed by atoms with van der Waals surface area (Å²) < 4.78 is 29.6. The first-order valence-electron chi connectivity index (χ1n) is 8.91. The van der Waals surface area contributed by atoms with Crippen molar-refractivity contribution in [2.45, 2.75) is 13.0 Å². The summed E-state index contributed by atoms with van der Waals surface area (Å²) in [4.78, 5) is 19.3. The van der Waals surface area contributed by atoms with E-state index in [1.807, 2.05) is 18.2 Å². The van der Waals surface area contributed by atoms with E-state index in [0.717, 1.165) is 16.5 Å². The van der Waals surface area contributed by atoms with Crippen molar-refractivity contribution in [2.75, 3.05) is 5.73 Å². The van der Waals surface area contributed by atoms with Crippen molar-refractivity contribution in [1.82, 2.24) is 20.2 Å². The molecule has 0 aliphatic heterocycles. The molecule has 0 saturated heterocycles. The van der Waals surface area contributed by atoms with Crippen molar-refractivity contribution < 1.29 is 18.3 Å². The van der Waals surface area contributed by atoms with Crippen LogP contribution in [-0.2, 0) is 6.42 Å². The molecule has 0 bridgehead atoms. The normalized spacial score (nSPS) is 11.3. The van der Waals surface area contributed by atoms with Crippen LogP contribution in [0.5, 0.6) is 5.75 Å². The SMILES string of the molecule is NC(=O)c1c(C[CH]c2nc(-c3ccc4c(N)n[nH]c4c3)c[nH]2)cccc1OC(F)F. The van der Waals surface area contributed by atoms with Gasteiger partial charge in [0.15, 0.2) is 5.82 Å². The minimum Gasteiger partial charge on any atom is -0.434 e. The maximum absolute atomic E-state index is 12.6. The molecule has 0 atom stereocenters. The van der Waals surface area contributed by atoms with Gasteiger partial charge in [0, 0.05) is 23.6 Å². The van der Waals surface area contributed by atoms with Crippen LogP contribution in [-0.4, -0.2) is 32.7 Å². The number of benzene rings is 2. The van der Waals surface area contributed by atoms with Crippen molar-refractivity contribution in [1.29, 1.82) is 0 Å². The zero-order valence-electron chi connectivity index (χ0n) is 15.5. The number of H-pyrrole nitrogens is 2. The number of nitrogen functional groups attached to an aromatic ring is 1. The highest BCUT2D eigenvalue weighted by Crippen LogP contribution is 2.27. The van der Waals surface area contributed by atoms with Gasteiger partial charge in [-0.15, -0.1) is 0 Å². The van der Waals surface area contributed by atoms with Gasteiger partial charge in [-0.2, -0.15) is 13.9 Å². The Balaban J connectivity index is 1.54. The van der Waals surface area contributed by atoms with E-state index in [9.17, 15) is 13.6 Å². The van der Waals surface area contributed by atoms with Gasteiger partial charge in [0.2, 0.25) is 0 Å². The number of hydrogen-bond acceptors (Lipinski definition) is 5. The van der Waals surface area contributed by atoms with Crippen LogP contribution < -0.4 is 16.2 Å². The van der Waals surface area contributed by atoms with Gasteiger partial charge in [-0.25, -0.2) is 4.98 Å². The van der Waals surface area contributed by atoms with Crippen LogP contribution in [0.1, 0.15) is 21.7 Å². The molecule has 0 aliphatic carbocycles. The molecule has 2 aromatic carbocycles. The number of nitrogens with zero attached hydrogens (tertiary/aromatic N) is 2.